The van der Waals surface area contributed by atoms with E-state index in [9.17, 15) is 34.8 Å². The fraction of sp³-hybridized carbons (Fsp3) is 0.333. The summed E-state index contributed by atoms with van der Waals surface area (Å²) in [6.45, 7) is -0.918. The lowest BCUT2D eigenvalue weighted by atomic mass is 10.2. The maximum atomic E-state index is 12.0. The fourth-order valence-electron chi connectivity index (χ4n) is 1.000. The van der Waals surface area contributed by atoms with Crippen LogP contribution in [-0.2, 0) is 20.9 Å². The van der Waals surface area contributed by atoms with Crippen molar-refractivity contribution in [3.63, 3.8) is 0 Å². The van der Waals surface area contributed by atoms with E-state index in [-0.39, 0.29) is 10.5 Å². The Kier molecular flexibility index (Phi) is 4.98. The summed E-state index contributed by atoms with van der Waals surface area (Å²) in [7, 11) is -5.72. The molecule has 0 bridgehead atoms. The molecule has 1 aromatic carbocycles. The van der Waals surface area contributed by atoms with E-state index in [2.05, 4.69) is 4.18 Å². The number of halogens is 6. The highest BCUT2D eigenvalue weighted by Gasteiger charge is 2.47. The first-order valence-corrected chi connectivity index (χ1v) is 6.93. The van der Waals surface area contributed by atoms with Gasteiger partial charge < -0.3 is 0 Å². The SMILES string of the molecule is O=S(=O)(OCc1ccc(SC(F)(F)F)cc1)C(F)(F)F. The normalized spacial score (nSPS) is 13.5. The summed E-state index contributed by atoms with van der Waals surface area (Å²) >= 11 is -0.402. The summed E-state index contributed by atoms with van der Waals surface area (Å²) in [5.74, 6) is 0. The Hall–Kier alpha value is -0.940. The number of benzene rings is 1. The molecule has 11 heteroatoms. The summed E-state index contributed by atoms with van der Waals surface area (Å²) in [6.07, 6.45) is 0. The Bertz CT molecular complexity index is 547. The van der Waals surface area contributed by atoms with Crippen molar-refractivity contribution in [3.05, 3.63) is 29.8 Å². The maximum Gasteiger partial charge on any atom is 0.523 e. The van der Waals surface area contributed by atoms with Crippen LogP contribution in [0.1, 0.15) is 5.56 Å². The van der Waals surface area contributed by atoms with Gasteiger partial charge in [-0.1, -0.05) is 12.1 Å². The second-order valence-corrected chi connectivity index (χ2v) is 6.10. The summed E-state index contributed by atoms with van der Waals surface area (Å²) in [4.78, 5) is -0.181. The van der Waals surface area contributed by atoms with Gasteiger partial charge in [0.15, 0.2) is 0 Å². The molecule has 0 fully saturated rings. The summed E-state index contributed by atoms with van der Waals surface area (Å²) < 4.78 is 96.8. The summed E-state index contributed by atoms with van der Waals surface area (Å²) in [5.41, 5.74) is -10.0. The number of hydrogen-bond acceptors (Lipinski definition) is 4. The van der Waals surface area contributed by atoms with E-state index in [1.54, 1.807) is 0 Å². The van der Waals surface area contributed by atoms with Gasteiger partial charge in [0.2, 0.25) is 0 Å². The minimum Gasteiger partial charge on any atom is -0.258 e. The predicted octanol–water partition coefficient (Wildman–Crippen LogP) is 3.66. The number of hydrogen-bond donors (Lipinski definition) is 0. The van der Waals surface area contributed by atoms with E-state index in [4.69, 9.17) is 0 Å². The largest absolute Gasteiger partial charge is 0.523 e. The van der Waals surface area contributed by atoms with Crippen molar-refractivity contribution in [3.8, 4) is 0 Å². The molecule has 0 radical (unpaired) electrons. The van der Waals surface area contributed by atoms with Gasteiger partial charge in [-0.05, 0) is 29.5 Å². The minimum absolute atomic E-state index is 0.00986. The van der Waals surface area contributed by atoms with E-state index in [1.165, 1.54) is 0 Å². The van der Waals surface area contributed by atoms with Gasteiger partial charge >= 0.3 is 21.1 Å². The third kappa shape index (κ3) is 5.21. The van der Waals surface area contributed by atoms with Crippen LogP contribution in [0, 0.1) is 0 Å². The highest BCUT2D eigenvalue weighted by molar-refractivity contribution is 8.00. The van der Waals surface area contributed by atoms with E-state index >= 15 is 0 Å². The van der Waals surface area contributed by atoms with Gasteiger partial charge in [0.05, 0.1) is 6.61 Å². The summed E-state index contributed by atoms with van der Waals surface area (Å²) in [6, 6.07) is 4.08. The summed E-state index contributed by atoms with van der Waals surface area (Å²) in [5, 5.41) is 0. The van der Waals surface area contributed by atoms with Gasteiger partial charge in [-0.3, -0.25) is 4.18 Å². The van der Waals surface area contributed by atoms with E-state index in [0.29, 0.717) is 0 Å². The average Bonchev–Trinajstić information content (AvgIpc) is 2.24. The van der Waals surface area contributed by atoms with E-state index in [1.807, 2.05) is 0 Å². The Morgan fingerprint density at radius 1 is 1.00 bits per heavy atom. The van der Waals surface area contributed by atoms with Gasteiger partial charge in [0.25, 0.3) is 0 Å². The lowest BCUT2D eigenvalue weighted by molar-refractivity contribution is -0.0548. The second kappa shape index (κ2) is 5.82. The van der Waals surface area contributed by atoms with Crippen LogP contribution in [0.5, 0.6) is 0 Å². The molecular weight excluding hydrogens is 334 g/mol. The smallest absolute Gasteiger partial charge is 0.258 e. The van der Waals surface area contributed by atoms with Crippen molar-refractivity contribution < 1.29 is 38.9 Å². The van der Waals surface area contributed by atoms with Crippen LogP contribution >= 0.6 is 11.8 Å². The molecule has 0 N–H and O–H groups in total. The molecule has 0 heterocycles. The van der Waals surface area contributed by atoms with E-state index in [0.717, 1.165) is 24.3 Å². The highest BCUT2D eigenvalue weighted by atomic mass is 32.2. The molecule has 0 unspecified atom stereocenters. The Morgan fingerprint density at radius 2 is 1.50 bits per heavy atom. The monoisotopic (exact) mass is 340 g/mol. The number of thioether (sulfide) groups is 1. The molecular formula is C9H6F6O3S2. The van der Waals surface area contributed by atoms with E-state index < -0.39 is 39.5 Å². The first kappa shape index (κ1) is 17.1. The van der Waals surface area contributed by atoms with Crippen LogP contribution in [0.15, 0.2) is 29.2 Å². The van der Waals surface area contributed by atoms with Gasteiger partial charge in [0, 0.05) is 4.90 Å². The van der Waals surface area contributed by atoms with Crippen molar-refractivity contribution in [1.29, 1.82) is 0 Å². The minimum atomic E-state index is -5.72. The standard InChI is InChI=1S/C9H6F6O3S2/c10-8(11,12)19-7-3-1-6(2-4-7)5-18-20(16,17)9(13,14)15/h1-4H,5H2. The Morgan fingerprint density at radius 3 is 1.90 bits per heavy atom. The molecule has 0 saturated carbocycles. The van der Waals surface area contributed by atoms with Crippen molar-refractivity contribution in [2.75, 3.05) is 0 Å². The van der Waals surface area contributed by atoms with Gasteiger partial charge in [0.1, 0.15) is 0 Å². The first-order chi connectivity index (χ1) is 8.91. The molecule has 0 spiro atoms. The lowest BCUT2D eigenvalue weighted by Gasteiger charge is -2.09. The van der Waals surface area contributed by atoms with Crippen molar-refractivity contribution in [2.24, 2.45) is 0 Å². The third-order valence-electron chi connectivity index (χ3n) is 1.82. The van der Waals surface area contributed by atoms with Crippen molar-refractivity contribution in [2.45, 2.75) is 22.5 Å². The average molecular weight is 340 g/mol. The zero-order valence-corrected chi connectivity index (χ0v) is 11.0. The van der Waals surface area contributed by atoms with Crippen LogP contribution in [0.2, 0.25) is 0 Å². The molecule has 0 aromatic heterocycles. The highest BCUT2D eigenvalue weighted by Crippen LogP contribution is 2.36. The molecule has 0 aliphatic carbocycles. The Balaban J connectivity index is 2.68. The van der Waals surface area contributed by atoms with Crippen LogP contribution in [0.25, 0.3) is 0 Å². The quantitative estimate of drug-likeness (QED) is 0.363. The lowest BCUT2D eigenvalue weighted by Crippen LogP contribution is -2.25. The molecule has 0 aliphatic heterocycles. The molecule has 0 aliphatic rings. The molecule has 0 amide bonds. The van der Waals surface area contributed by atoms with Gasteiger partial charge in [-0.25, -0.2) is 0 Å². The molecule has 114 valence electrons. The first-order valence-electron chi connectivity index (χ1n) is 4.71. The van der Waals surface area contributed by atoms with Gasteiger partial charge in [-0.2, -0.15) is 34.8 Å². The second-order valence-electron chi connectivity index (χ2n) is 3.35. The molecule has 20 heavy (non-hydrogen) atoms. The molecule has 3 nitrogen and oxygen atoms in total. The van der Waals surface area contributed by atoms with Crippen LogP contribution in [0.4, 0.5) is 26.3 Å². The number of rotatable bonds is 4. The third-order valence-corrected chi connectivity index (χ3v) is 3.56. The van der Waals surface area contributed by atoms with Crippen LogP contribution in [-0.4, -0.2) is 19.4 Å². The molecule has 0 atom stereocenters. The van der Waals surface area contributed by atoms with Crippen LogP contribution < -0.4 is 0 Å². The van der Waals surface area contributed by atoms with Crippen LogP contribution in [0.3, 0.4) is 0 Å². The zero-order chi connectivity index (χ0) is 15.6. The molecule has 1 aromatic rings. The predicted molar refractivity (Wildman–Crippen MR) is 58.1 cm³/mol. The van der Waals surface area contributed by atoms with Gasteiger partial charge in [-0.15, -0.1) is 0 Å². The molecule has 0 saturated heterocycles. The fourth-order valence-corrected chi connectivity index (χ4v) is 1.96. The topological polar surface area (TPSA) is 43.4 Å². The van der Waals surface area contributed by atoms with Crippen molar-refractivity contribution >= 4 is 21.9 Å². The number of alkyl halides is 6. The maximum absolute atomic E-state index is 12.0. The Labute approximate surface area is 114 Å². The molecule has 1 rings (SSSR count). The zero-order valence-electron chi connectivity index (χ0n) is 9.33. The van der Waals surface area contributed by atoms with Crippen molar-refractivity contribution in [1.82, 2.24) is 0 Å².